The molecule has 1 aromatic carbocycles. The van der Waals surface area contributed by atoms with Gasteiger partial charge in [0, 0.05) is 31.9 Å². The standard InChI is InChI=1S/C13H17Cl3N4O/c1-18-4-6-19(7-5-18)17-13(21)20(9-14)10-2-3-11(15)12(16)8-10/h2-3,8H,4-7,9H2,1H3,(H,17,21). The van der Waals surface area contributed by atoms with Gasteiger partial charge in [0.25, 0.3) is 0 Å². The molecule has 2 amide bonds. The van der Waals surface area contributed by atoms with Gasteiger partial charge in [0.05, 0.1) is 10.0 Å². The molecule has 1 saturated heterocycles. The minimum absolute atomic E-state index is 0.0253. The van der Waals surface area contributed by atoms with Crippen molar-refractivity contribution in [3.05, 3.63) is 28.2 Å². The van der Waals surface area contributed by atoms with Crippen LogP contribution < -0.4 is 10.3 Å². The lowest BCUT2D eigenvalue weighted by Crippen LogP contribution is -2.55. The van der Waals surface area contributed by atoms with Crippen molar-refractivity contribution in [2.45, 2.75) is 0 Å². The lowest BCUT2D eigenvalue weighted by atomic mass is 10.3. The Balaban J connectivity index is 2.02. The molecule has 0 spiro atoms. The Morgan fingerprint density at radius 3 is 2.48 bits per heavy atom. The van der Waals surface area contributed by atoms with Crippen LogP contribution in [0.4, 0.5) is 10.5 Å². The number of alkyl halides is 1. The summed E-state index contributed by atoms with van der Waals surface area (Å²) in [6, 6.07) is 4.71. The van der Waals surface area contributed by atoms with E-state index in [-0.39, 0.29) is 12.0 Å². The van der Waals surface area contributed by atoms with Crippen molar-refractivity contribution in [2.24, 2.45) is 0 Å². The summed E-state index contributed by atoms with van der Waals surface area (Å²) in [6.07, 6.45) is 0. The molecule has 2 rings (SSSR count). The van der Waals surface area contributed by atoms with E-state index in [0.717, 1.165) is 26.2 Å². The van der Waals surface area contributed by atoms with Gasteiger partial charge in [0.1, 0.15) is 6.00 Å². The van der Waals surface area contributed by atoms with E-state index in [1.54, 1.807) is 18.2 Å². The summed E-state index contributed by atoms with van der Waals surface area (Å²) in [7, 11) is 2.06. The molecule has 1 fully saturated rings. The number of rotatable bonds is 3. The zero-order valence-corrected chi connectivity index (χ0v) is 13.9. The van der Waals surface area contributed by atoms with Gasteiger partial charge in [0.2, 0.25) is 0 Å². The Morgan fingerprint density at radius 1 is 1.24 bits per heavy atom. The van der Waals surface area contributed by atoms with Crippen LogP contribution in [0.25, 0.3) is 0 Å². The van der Waals surface area contributed by atoms with Crippen molar-refractivity contribution in [3.8, 4) is 0 Å². The van der Waals surface area contributed by atoms with Crippen molar-refractivity contribution in [2.75, 3.05) is 44.1 Å². The normalized spacial score (nSPS) is 16.8. The Morgan fingerprint density at radius 2 is 1.90 bits per heavy atom. The molecule has 0 aromatic heterocycles. The first-order valence-corrected chi connectivity index (χ1v) is 7.83. The number of nitrogens with zero attached hydrogens (tertiary/aromatic N) is 3. The first-order chi connectivity index (χ1) is 10.0. The Labute approximate surface area is 139 Å². The number of urea groups is 1. The second-order valence-electron chi connectivity index (χ2n) is 4.85. The second kappa shape index (κ2) is 7.51. The average molecular weight is 352 g/mol. The molecule has 0 unspecified atom stereocenters. The number of amides is 2. The monoisotopic (exact) mass is 350 g/mol. The van der Waals surface area contributed by atoms with Crippen LogP contribution >= 0.6 is 34.8 Å². The van der Waals surface area contributed by atoms with E-state index >= 15 is 0 Å². The summed E-state index contributed by atoms with van der Waals surface area (Å²) in [6.45, 7) is 3.38. The lowest BCUT2D eigenvalue weighted by Gasteiger charge is -2.33. The molecule has 1 N–H and O–H groups in total. The van der Waals surface area contributed by atoms with Crippen LogP contribution in [0.3, 0.4) is 0 Å². The molecule has 116 valence electrons. The highest BCUT2D eigenvalue weighted by atomic mass is 35.5. The number of hydrazine groups is 1. The highest BCUT2D eigenvalue weighted by Gasteiger charge is 2.20. The number of piperazine rings is 1. The fraction of sp³-hybridized carbons (Fsp3) is 0.462. The third-order valence-corrected chi connectivity index (χ3v) is 4.31. The number of nitrogens with one attached hydrogen (secondary N) is 1. The minimum atomic E-state index is -0.284. The Bertz CT molecular complexity index is 506. The molecule has 1 aliphatic rings. The van der Waals surface area contributed by atoms with Crippen LogP contribution in [-0.4, -0.2) is 55.2 Å². The fourth-order valence-corrected chi connectivity index (χ4v) is 2.55. The summed E-state index contributed by atoms with van der Waals surface area (Å²) < 4.78 is 0. The van der Waals surface area contributed by atoms with Crippen LogP contribution in [0.15, 0.2) is 18.2 Å². The van der Waals surface area contributed by atoms with Gasteiger partial charge < -0.3 is 4.90 Å². The Kier molecular flexibility index (Phi) is 5.96. The van der Waals surface area contributed by atoms with Crippen LogP contribution in [-0.2, 0) is 0 Å². The van der Waals surface area contributed by atoms with E-state index < -0.39 is 0 Å². The number of likely N-dealkylation sites (N-methyl/N-ethyl adjacent to an activating group) is 1. The highest BCUT2D eigenvalue weighted by molar-refractivity contribution is 6.42. The predicted octanol–water partition coefficient (Wildman–Crippen LogP) is 2.87. The third-order valence-electron chi connectivity index (χ3n) is 3.34. The topological polar surface area (TPSA) is 38.8 Å². The molecular weight excluding hydrogens is 335 g/mol. The van der Waals surface area contributed by atoms with Crippen LogP contribution in [0.2, 0.25) is 10.0 Å². The molecule has 1 heterocycles. The molecule has 0 aliphatic carbocycles. The summed E-state index contributed by atoms with van der Waals surface area (Å²) in [5.74, 6) is 0. The quantitative estimate of drug-likeness (QED) is 0.672. The summed E-state index contributed by atoms with van der Waals surface area (Å²) >= 11 is 17.8. The van der Waals surface area contributed by atoms with Crippen LogP contribution in [0.1, 0.15) is 0 Å². The molecule has 8 heteroatoms. The largest absolute Gasteiger partial charge is 0.337 e. The molecule has 0 radical (unpaired) electrons. The van der Waals surface area contributed by atoms with E-state index in [9.17, 15) is 4.79 Å². The van der Waals surface area contributed by atoms with Crippen LogP contribution in [0, 0.1) is 0 Å². The van der Waals surface area contributed by atoms with E-state index in [2.05, 4.69) is 17.4 Å². The molecule has 0 atom stereocenters. The second-order valence-corrected chi connectivity index (χ2v) is 5.91. The third kappa shape index (κ3) is 4.37. The number of halogens is 3. The number of hydrogen-bond donors (Lipinski definition) is 1. The minimum Gasteiger partial charge on any atom is -0.304 e. The fourth-order valence-electron chi connectivity index (χ4n) is 2.01. The van der Waals surface area contributed by atoms with Gasteiger partial charge in [-0.05, 0) is 25.2 Å². The molecule has 1 aromatic rings. The van der Waals surface area contributed by atoms with E-state index in [1.807, 2.05) is 5.01 Å². The van der Waals surface area contributed by atoms with Gasteiger partial charge in [-0.3, -0.25) is 10.3 Å². The lowest BCUT2D eigenvalue weighted by molar-refractivity contribution is 0.114. The Hall–Kier alpha value is -0.720. The summed E-state index contributed by atoms with van der Waals surface area (Å²) in [5, 5.41) is 2.71. The molecule has 21 heavy (non-hydrogen) atoms. The van der Waals surface area contributed by atoms with Crippen molar-refractivity contribution < 1.29 is 4.79 Å². The molecule has 0 saturated carbocycles. The van der Waals surface area contributed by atoms with Crippen LogP contribution in [0.5, 0.6) is 0 Å². The van der Waals surface area contributed by atoms with Gasteiger partial charge in [-0.15, -0.1) is 11.6 Å². The van der Waals surface area contributed by atoms with Gasteiger partial charge >= 0.3 is 6.03 Å². The number of anilines is 1. The molecule has 5 nitrogen and oxygen atoms in total. The van der Waals surface area contributed by atoms with Crippen molar-refractivity contribution in [1.29, 1.82) is 0 Å². The SMILES string of the molecule is CN1CCN(NC(=O)N(CCl)c2ccc(Cl)c(Cl)c2)CC1. The number of carbonyl (C=O) groups is 1. The van der Waals surface area contributed by atoms with Gasteiger partial charge in [-0.1, -0.05) is 23.2 Å². The first-order valence-electron chi connectivity index (χ1n) is 6.54. The zero-order chi connectivity index (χ0) is 15.4. The average Bonchev–Trinajstić information content (AvgIpc) is 2.46. The molecule has 0 bridgehead atoms. The number of benzene rings is 1. The van der Waals surface area contributed by atoms with Gasteiger partial charge in [-0.25, -0.2) is 9.80 Å². The number of carbonyl (C=O) groups excluding carboxylic acids is 1. The predicted molar refractivity (Wildman–Crippen MR) is 87.3 cm³/mol. The molecule has 1 aliphatic heterocycles. The zero-order valence-electron chi connectivity index (χ0n) is 11.7. The maximum Gasteiger partial charge on any atom is 0.337 e. The first kappa shape index (κ1) is 16.6. The maximum absolute atomic E-state index is 12.3. The van der Waals surface area contributed by atoms with Gasteiger partial charge in [0.15, 0.2) is 0 Å². The summed E-state index contributed by atoms with van der Waals surface area (Å²) in [4.78, 5) is 15.9. The summed E-state index contributed by atoms with van der Waals surface area (Å²) in [5.41, 5.74) is 3.46. The van der Waals surface area contributed by atoms with E-state index in [4.69, 9.17) is 34.8 Å². The van der Waals surface area contributed by atoms with Crippen molar-refractivity contribution in [1.82, 2.24) is 15.3 Å². The highest BCUT2D eigenvalue weighted by Crippen LogP contribution is 2.27. The van der Waals surface area contributed by atoms with E-state index in [1.165, 1.54) is 4.90 Å². The number of hydrogen-bond acceptors (Lipinski definition) is 3. The smallest absolute Gasteiger partial charge is 0.304 e. The maximum atomic E-state index is 12.3. The van der Waals surface area contributed by atoms with Crippen molar-refractivity contribution >= 4 is 46.5 Å². The van der Waals surface area contributed by atoms with Crippen molar-refractivity contribution in [3.63, 3.8) is 0 Å². The molecular formula is C13H17Cl3N4O. The van der Waals surface area contributed by atoms with E-state index in [0.29, 0.717) is 15.7 Å². The van der Waals surface area contributed by atoms with Gasteiger partial charge in [-0.2, -0.15) is 0 Å².